The molecule has 1 aliphatic rings. The monoisotopic (exact) mass is 448 g/mol. The fraction of sp³-hybridized carbons (Fsp3) is 0.423. The van der Waals surface area contributed by atoms with E-state index in [0.29, 0.717) is 30.9 Å². The topological polar surface area (TPSA) is 71.7 Å². The first-order valence-corrected chi connectivity index (χ1v) is 11.8. The molecule has 0 N–H and O–H groups in total. The highest BCUT2D eigenvalue weighted by Crippen LogP contribution is 2.23. The van der Waals surface area contributed by atoms with Crippen molar-refractivity contribution in [3.63, 3.8) is 0 Å². The van der Waals surface area contributed by atoms with Gasteiger partial charge in [-0.25, -0.2) is 0 Å². The van der Waals surface area contributed by atoms with Gasteiger partial charge in [0.1, 0.15) is 5.75 Å². The minimum Gasteiger partial charge on any atom is -0.494 e. The number of rotatable bonds is 9. The van der Waals surface area contributed by atoms with E-state index < -0.39 is 0 Å². The van der Waals surface area contributed by atoms with Crippen molar-refractivity contribution in [2.24, 2.45) is 0 Å². The number of carbonyl (C=O) groups is 1. The van der Waals surface area contributed by atoms with Crippen LogP contribution in [0.4, 0.5) is 0 Å². The zero-order valence-corrected chi connectivity index (χ0v) is 19.4. The van der Waals surface area contributed by atoms with Crippen LogP contribution in [-0.2, 0) is 6.54 Å². The van der Waals surface area contributed by atoms with E-state index >= 15 is 0 Å². The Morgan fingerprint density at radius 1 is 1.09 bits per heavy atom. The molecule has 0 spiro atoms. The van der Waals surface area contributed by atoms with Crippen molar-refractivity contribution in [2.45, 2.75) is 45.7 Å². The molecule has 1 amide bonds. The molecule has 7 heteroatoms. The first-order valence-electron chi connectivity index (χ1n) is 11.8. The summed E-state index contributed by atoms with van der Waals surface area (Å²) in [5.41, 5.74) is 1.66. The van der Waals surface area contributed by atoms with Gasteiger partial charge in [-0.2, -0.15) is 4.98 Å². The maximum atomic E-state index is 12.8. The van der Waals surface area contributed by atoms with Crippen LogP contribution in [0.3, 0.4) is 0 Å². The molecule has 174 valence electrons. The van der Waals surface area contributed by atoms with Crippen molar-refractivity contribution in [2.75, 3.05) is 26.2 Å². The Labute approximate surface area is 195 Å². The van der Waals surface area contributed by atoms with Gasteiger partial charge in [-0.3, -0.25) is 9.69 Å². The fourth-order valence-corrected chi connectivity index (χ4v) is 4.35. The highest BCUT2D eigenvalue weighted by molar-refractivity contribution is 5.94. The maximum absolute atomic E-state index is 12.8. The van der Waals surface area contributed by atoms with E-state index in [0.717, 1.165) is 55.8 Å². The molecule has 1 saturated heterocycles. The number of nitrogens with zero attached hydrogens (tertiary/aromatic N) is 4. The smallest absolute Gasteiger partial charge is 0.253 e. The van der Waals surface area contributed by atoms with Crippen molar-refractivity contribution in [1.29, 1.82) is 0 Å². The first-order chi connectivity index (χ1) is 16.2. The quantitative estimate of drug-likeness (QED) is 0.474. The predicted molar refractivity (Wildman–Crippen MR) is 127 cm³/mol. The Kier molecular flexibility index (Phi) is 7.73. The van der Waals surface area contributed by atoms with Crippen molar-refractivity contribution >= 4 is 5.91 Å². The van der Waals surface area contributed by atoms with E-state index in [1.54, 1.807) is 0 Å². The van der Waals surface area contributed by atoms with Crippen molar-refractivity contribution < 1.29 is 14.1 Å². The van der Waals surface area contributed by atoms with Crippen LogP contribution in [0.25, 0.3) is 11.4 Å². The van der Waals surface area contributed by atoms with Gasteiger partial charge < -0.3 is 14.2 Å². The summed E-state index contributed by atoms with van der Waals surface area (Å²) in [6.45, 7) is 7.89. The van der Waals surface area contributed by atoms with Gasteiger partial charge in [0.05, 0.1) is 13.2 Å². The third kappa shape index (κ3) is 5.79. The summed E-state index contributed by atoms with van der Waals surface area (Å²) < 4.78 is 11.1. The zero-order valence-electron chi connectivity index (χ0n) is 19.4. The maximum Gasteiger partial charge on any atom is 0.253 e. The molecule has 0 aliphatic carbocycles. The lowest BCUT2D eigenvalue weighted by molar-refractivity contribution is 0.0590. The summed E-state index contributed by atoms with van der Waals surface area (Å²) in [6.07, 6.45) is 2.93. The lowest BCUT2D eigenvalue weighted by Crippen LogP contribution is -2.46. The number of ether oxygens (including phenoxy) is 1. The van der Waals surface area contributed by atoms with Crippen LogP contribution in [0, 0.1) is 0 Å². The molecule has 7 nitrogen and oxygen atoms in total. The van der Waals surface area contributed by atoms with Crippen LogP contribution in [0.2, 0.25) is 0 Å². The standard InChI is InChI=1S/C26H32N4O3/c1-3-16-30(22-14-17-29(18-15-22)26(31)21-8-6-5-7-9-21)19-24-27-25(28-33-24)20-10-12-23(13-11-20)32-4-2/h5-13,22H,3-4,14-19H2,1-2H3. The van der Waals surface area contributed by atoms with Crippen molar-refractivity contribution in [3.05, 3.63) is 66.1 Å². The van der Waals surface area contributed by atoms with Gasteiger partial charge in [0.15, 0.2) is 0 Å². The molecule has 0 atom stereocenters. The minimum atomic E-state index is 0.119. The highest BCUT2D eigenvalue weighted by Gasteiger charge is 2.28. The Hall–Kier alpha value is -3.19. The fourth-order valence-electron chi connectivity index (χ4n) is 4.35. The van der Waals surface area contributed by atoms with Gasteiger partial charge in [0.2, 0.25) is 11.7 Å². The largest absolute Gasteiger partial charge is 0.494 e. The number of amides is 1. The molecule has 0 radical (unpaired) electrons. The summed E-state index contributed by atoms with van der Waals surface area (Å²) in [7, 11) is 0. The van der Waals surface area contributed by atoms with Crippen LogP contribution < -0.4 is 4.74 Å². The average molecular weight is 449 g/mol. The van der Waals surface area contributed by atoms with Gasteiger partial charge in [-0.1, -0.05) is 30.3 Å². The highest BCUT2D eigenvalue weighted by atomic mass is 16.5. The molecule has 1 aromatic heterocycles. The zero-order chi connectivity index (χ0) is 23.0. The summed E-state index contributed by atoms with van der Waals surface area (Å²) in [4.78, 5) is 21.8. The van der Waals surface area contributed by atoms with Gasteiger partial charge in [-0.05, 0) is 69.1 Å². The molecule has 33 heavy (non-hydrogen) atoms. The minimum absolute atomic E-state index is 0.119. The number of aromatic nitrogens is 2. The van der Waals surface area contributed by atoms with Crippen LogP contribution >= 0.6 is 0 Å². The van der Waals surface area contributed by atoms with Gasteiger partial charge in [0, 0.05) is 30.3 Å². The van der Waals surface area contributed by atoms with Crippen LogP contribution in [-0.4, -0.2) is 58.1 Å². The number of carbonyl (C=O) groups excluding carboxylic acids is 1. The lowest BCUT2D eigenvalue weighted by Gasteiger charge is -2.38. The summed E-state index contributed by atoms with van der Waals surface area (Å²) in [5, 5.41) is 4.18. The first kappa shape index (κ1) is 23.0. The number of hydrogen-bond acceptors (Lipinski definition) is 6. The van der Waals surface area contributed by atoms with Crippen molar-refractivity contribution in [3.8, 4) is 17.1 Å². The Balaban J connectivity index is 1.36. The van der Waals surface area contributed by atoms with Gasteiger partial charge >= 0.3 is 0 Å². The van der Waals surface area contributed by atoms with E-state index in [4.69, 9.17) is 9.26 Å². The van der Waals surface area contributed by atoms with E-state index in [1.165, 1.54) is 0 Å². The van der Waals surface area contributed by atoms with Gasteiger partial charge in [0.25, 0.3) is 5.91 Å². The molecular formula is C26H32N4O3. The SMILES string of the molecule is CCCN(Cc1nc(-c2ccc(OCC)cc2)no1)C1CCN(C(=O)c2ccccc2)CC1. The number of hydrogen-bond donors (Lipinski definition) is 0. The van der Waals surface area contributed by atoms with E-state index in [9.17, 15) is 4.79 Å². The molecule has 0 unspecified atom stereocenters. The van der Waals surface area contributed by atoms with Crippen molar-refractivity contribution in [1.82, 2.24) is 19.9 Å². The molecule has 1 aliphatic heterocycles. The molecule has 0 saturated carbocycles. The molecular weight excluding hydrogens is 416 g/mol. The predicted octanol–water partition coefficient (Wildman–Crippen LogP) is 4.65. The third-order valence-corrected chi connectivity index (χ3v) is 6.03. The second kappa shape index (κ2) is 11.1. The molecule has 4 rings (SSSR count). The number of piperidine rings is 1. The summed E-state index contributed by atoms with van der Waals surface area (Å²) in [6, 6.07) is 17.7. The second-order valence-corrected chi connectivity index (χ2v) is 8.33. The summed E-state index contributed by atoms with van der Waals surface area (Å²) >= 11 is 0. The number of benzene rings is 2. The Morgan fingerprint density at radius 2 is 1.82 bits per heavy atom. The Bertz CT molecular complexity index is 1010. The molecule has 1 fully saturated rings. The summed E-state index contributed by atoms with van der Waals surface area (Å²) in [5.74, 6) is 2.16. The van der Waals surface area contributed by atoms with Crippen LogP contribution in [0.5, 0.6) is 5.75 Å². The van der Waals surface area contributed by atoms with E-state index in [1.807, 2.05) is 66.4 Å². The number of likely N-dealkylation sites (tertiary alicyclic amines) is 1. The average Bonchev–Trinajstić information content (AvgIpc) is 3.33. The van der Waals surface area contributed by atoms with Crippen LogP contribution in [0.1, 0.15) is 49.4 Å². The molecule has 0 bridgehead atoms. The lowest BCUT2D eigenvalue weighted by atomic mass is 10.0. The molecule has 3 aromatic rings. The van der Waals surface area contributed by atoms with Crippen LogP contribution in [0.15, 0.2) is 59.1 Å². The van der Waals surface area contributed by atoms with E-state index in [2.05, 4.69) is 22.0 Å². The molecule has 2 aromatic carbocycles. The molecule has 2 heterocycles. The Morgan fingerprint density at radius 3 is 2.48 bits per heavy atom. The van der Waals surface area contributed by atoms with E-state index in [-0.39, 0.29) is 5.91 Å². The van der Waals surface area contributed by atoms with Gasteiger partial charge in [-0.15, -0.1) is 0 Å². The normalized spacial score (nSPS) is 14.6. The second-order valence-electron chi connectivity index (χ2n) is 8.33. The third-order valence-electron chi connectivity index (χ3n) is 6.03.